The monoisotopic (exact) mass is 315 g/mol. The van der Waals surface area contributed by atoms with Crippen LogP contribution in [0.5, 0.6) is 0 Å². The second-order valence-electron chi connectivity index (χ2n) is 8.02. The predicted octanol–water partition coefficient (Wildman–Crippen LogP) is 4.42. The molecule has 0 spiro atoms. The first-order valence-electron chi connectivity index (χ1n) is 8.94. The van der Waals surface area contributed by atoms with E-state index in [1.807, 2.05) is 12.1 Å². The van der Waals surface area contributed by atoms with Crippen molar-refractivity contribution >= 4 is 5.90 Å². The van der Waals surface area contributed by atoms with Gasteiger partial charge in [0, 0.05) is 5.56 Å². The number of ether oxygens (including phenoxy) is 1. The molecule has 0 radical (unpaired) electrons. The first-order chi connectivity index (χ1) is 10.9. The number of hydrogen-bond acceptors (Lipinski definition) is 3. The van der Waals surface area contributed by atoms with Gasteiger partial charge < -0.3 is 9.84 Å². The van der Waals surface area contributed by atoms with Crippen molar-refractivity contribution in [3.63, 3.8) is 0 Å². The molecule has 1 N–H and O–H groups in total. The molecule has 0 aromatic heterocycles. The minimum Gasteiger partial charge on any atom is -0.475 e. The highest BCUT2D eigenvalue weighted by atomic mass is 16.5. The molecule has 126 valence electrons. The molecule has 3 heteroatoms. The summed E-state index contributed by atoms with van der Waals surface area (Å²) in [4.78, 5) is 4.62. The Hall–Kier alpha value is -1.35. The number of aliphatic imine (C=N–C) groups is 1. The zero-order valence-electron chi connectivity index (χ0n) is 14.6. The summed E-state index contributed by atoms with van der Waals surface area (Å²) in [5.74, 6) is 1.43. The summed E-state index contributed by atoms with van der Waals surface area (Å²) in [5, 5.41) is 11.1. The maximum Gasteiger partial charge on any atom is 0.216 e. The molecule has 1 saturated carbocycles. The molecule has 1 aromatic rings. The molecule has 3 nitrogen and oxygen atoms in total. The van der Waals surface area contributed by atoms with Gasteiger partial charge in [0.2, 0.25) is 5.90 Å². The topological polar surface area (TPSA) is 41.8 Å². The summed E-state index contributed by atoms with van der Waals surface area (Å²) in [6.45, 7) is 7.08. The van der Waals surface area contributed by atoms with E-state index in [2.05, 4.69) is 37.9 Å². The van der Waals surface area contributed by atoms with Gasteiger partial charge in [0.25, 0.3) is 0 Å². The molecule has 1 unspecified atom stereocenters. The third-order valence-electron chi connectivity index (χ3n) is 5.22. The molecule has 1 fully saturated rings. The first kappa shape index (κ1) is 16.5. The molecule has 0 saturated heterocycles. The number of rotatable bonds is 2. The van der Waals surface area contributed by atoms with Crippen molar-refractivity contribution in [3.8, 4) is 0 Å². The van der Waals surface area contributed by atoms with Crippen LogP contribution in [-0.2, 0) is 10.3 Å². The van der Waals surface area contributed by atoms with Gasteiger partial charge >= 0.3 is 0 Å². The van der Waals surface area contributed by atoms with Crippen LogP contribution in [0.15, 0.2) is 29.3 Å². The van der Waals surface area contributed by atoms with E-state index in [0.717, 1.165) is 42.7 Å². The molecular formula is C20H29NO2. The van der Waals surface area contributed by atoms with E-state index in [-0.39, 0.29) is 5.54 Å². The molecule has 1 aliphatic carbocycles. The summed E-state index contributed by atoms with van der Waals surface area (Å²) < 4.78 is 5.70. The molecule has 3 rings (SSSR count). The smallest absolute Gasteiger partial charge is 0.216 e. The fraction of sp³-hybridized carbons (Fsp3) is 0.650. The van der Waals surface area contributed by atoms with E-state index >= 15 is 0 Å². The normalized spacial score (nSPS) is 31.0. The van der Waals surface area contributed by atoms with Crippen molar-refractivity contribution in [3.05, 3.63) is 35.4 Å². The molecule has 0 amide bonds. The molecule has 2 atom stereocenters. The third-order valence-corrected chi connectivity index (χ3v) is 5.22. The largest absolute Gasteiger partial charge is 0.475 e. The zero-order chi connectivity index (χ0) is 16.5. The van der Waals surface area contributed by atoms with Crippen molar-refractivity contribution in [2.75, 3.05) is 6.61 Å². The Morgan fingerprint density at radius 2 is 1.83 bits per heavy atom. The number of aliphatic hydroxyl groups is 1. The van der Waals surface area contributed by atoms with Crippen LogP contribution in [0.25, 0.3) is 0 Å². The molecule has 23 heavy (non-hydrogen) atoms. The highest BCUT2D eigenvalue weighted by Crippen LogP contribution is 2.37. The fourth-order valence-corrected chi connectivity index (χ4v) is 3.61. The summed E-state index contributed by atoms with van der Waals surface area (Å²) in [5.41, 5.74) is 1.22. The molecule has 1 aliphatic heterocycles. The Balaban J connectivity index is 1.78. The molecule has 0 bridgehead atoms. The van der Waals surface area contributed by atoms with Gasteiger partial charge in [-0.25, -0.2) is 4.99 Å². The standard InChI is InChI=1S/C20H29NO2/c1-15-6-4-5-12-20(22,13-11-15)17-9-7-16(8-10-17)18-21-19(2,3)14-23-18/h7-10,15,22H,4-6,11-14H2,1-3H3/t15-,20?/m1/s1. The van der Waals surface area contributed by atoms with E-state index in [1.54, 1.807) is 0 Å². The third kappa shape index (κ3) is 3.77. The minimum absolute atomic E-state index is 0.137. The second kappa shape index (κ2) is 6.27. The Bertz CT molecular complexity index is 576. The number of hydrogen-bond donors (Lipinski definition) is 1. The van der Waals surface area contributed by atoms with Gasteiger partial charge in [-0.2, -0.15) is 0 Å². The molecule has 1 heterocycles. The van der Waals surface area contributed by atoms with Crippen molar-refractivity contribution in [1.82, 2.24) is 0 Å². The summed E-state index contributed by atoms with van der Waals surface area (Å²) in [7, 11) is 0. The van der Waals surface area contributed by atoms with Gasteiger partial charge in [-0.1, -0.05) is 38.3 Å². The number of nitrogens with zero attached hydrogens (tertiary/aromatic N) is 1. The average Bonchev–Trinajstić information content (AvgIpc) is 2.88. The molecule has 2 aliphatic rings. The van der Waals surface area contributed by atoms with Crippen LogP contribution in [0.2, 0.25) is 0 Å². The summed E-state index contributed by atoms with van der Waals surface area (Å²) in [6.07, 6.45) is 6.44. The highest BCUT2D eigenvalue weighted by Gasteiger charge is 2.31. The lowest BCUT2D eigenvalue weighted by Gasteiger charge is -2.32. The quantitative estimate of drug-likeness (QED) is 0.877. The van der Waals surface area contributed by atoms with Crippen LogP contribution in [0.1, 0.15) is 70.4 Å². The minimum atomic E-state index is -0.676. The Morgan fingerprint density at radius 3 is 2.48 bits per heavy atom. The van der Waals surface area contributed by atoms with Crippen molar-refractivity contribution in [1.29, 1.82) is 0 Å². The fourth-order valence-electron chi connectivity index (χ4n) is 3.61. The van der Waals surface area contributed by atoms with Crippen LogP contribution in [-0.4, -0.2) is 23.2 Å². The van der Waals surface area contributed by atoms with Gasteiger partial charge in [-0.05, 0) is 56.7 Å². The van der Waals surface area contributed by atoms with Crippen LogP contribution < -0.4 is 0 Å². The maximum absolute atomic E-state index is 11.1. The van der Waals surface area contributed by atoms with E-state index in [9.17, 15) is 5.11 Å². The SMILES string of the molecule is C[C@@H]1CCCCC(O)(c2ccc(C3=NC(C)(C)CO3)cc2)CC1. The lowest BCUT2D eigenvalue weighted by atomic mass is 9.79. The van der Waals surface area contributed by atoms with Crippen molar-refractivity contribution < 1.29 is 9.84 Å². The van der Waals surface area contributed by atoms with Gasteiger partial charge in [-0.15, -0.1) is 0 Å². The van der Waals surface area contributed by atoms with Crippen molar-refractivity contribution in [2.24, 2.45) is 10.9 Å². The van der Waals surface area contributed by atoms with E-state index < -0.39 is 5.60 Å². The van der Waals surface area contributed by atoms with Crippen LogP contribution in [0.3, 0.4) is 0 Å². The van der Waals surface area contributed by atoms with E-state index in [4.69, 9.17) is 4.74 Å². The first-order valence-corrected chi connectivity index (χ1v) is 8.94. The highest BCUT2D eigenvalue weighted by molar-refractivity contribution is 5.95. The molecule has 1 aromatic carbocycles. The van der Waals surface area contributed by atoms with Gasteiger partial charge in [-0.3, -0.25) is 0 Å². The van der Waals surface area contributed by atoms with Crippen LogP contribution in [0.4, 0.5) is 0 Å². The Kier molecular flexibility index (Phi) is 4.50. The van der Waals surface area contributed by atoms with Crippen molar-refractivity contribution in [2.45, 2.75) is 70.4 Å². The van der Waals surface area contributed by atoms with E-state index in [0.29, 0.717) is 12.5 Å². The molecular weight excluding hydrogens is 286 g/mol. The number of benzene rings is 1. The lowest BCUT2D eigenvalue weighted by molar-refractivity contribution is 0.00464. The second-order valence-corrected chi connectivity index (χ2v) is 8.02. The average molecular weight is 315 g/mol. The predicted molar refractivity (Wildman–Crippen MR) is 93.8 cm³/mol. The van der Waals surface area contributed by atoms with Gasteiger partial charge in [0.15, 0.2) is 0 Å². The van der Waals surface area contributed by atoms with Crippen LogP contribution >= 0.6 is 0 Å². The van der Waals surface area contributed by atoms with E-state index in [1.165, 1.54) is 12.8 Å². The Labute approximate surface area is 139 Å². The van der Waals surface area contributed by atoms with Gasteiger partial charge in [0.05, 0.1) is 11.1 Å². The lowest BCUT2D eigenvalue weighted by Crippen LogP contribution is -2.28. The summed E-state index contributed by atoms with van der Waals surface area (Å²) >= 11 is 0. The van der Waals surface area contributed by atoms with Gasteiger partial charge in [0.1, 0.15) is 6.61 Å². The Morgan fingerprint density at radius 1 is 1.09 bits per heavy atom. The van der Waals surface area contributed by atoms with Crippen LogP contribution in [0, 0.1) is 5.92 Å². The summed E-state index contributed by atoms with van der Waals surface area (Å²) in [6, 6.07) is 8.18. The maximum atomic E-state index is 11.1. The zero-order valence-corrected chi connectivity index (χ0v) is 14.6.